The molecular weight excluding hydrogens is 220 g/mol. The molecule has 0 bridgehead atoms. The summed E-state index contributed by atoms with van der Waals surface area (Å²) in [5, 5.41) is 0. The molecule has 0 aliphatic rings. The molecule has 0 aliphatic carbocycles. The topological polar surface area (TPSA) is 18.5 Å². The minimum absolute atomic E-state index is 0.791. The molecule has 0 heterocycles. The molecule has 0 saturated heterocycles. The van der Waals surface area contributed by atoms with Crippen LogP contribution in [0.3, 0.4) is 0 Å². The SMILES string of the molecule is COc1ccc(OCCCCCCS)cc1. The molecule has 0 aromatic heterocycles. The fourth-order valence-electron chi connectivity index (χ4n) is 1.43. The molecule has 16 heavy (non-hydrogen) atoms. The third kappa shape index (κ3) is 5.31. The van der Waals surface area contributed by atoms with Crippen LogP contribution in [0.1, 0.15) is 25.7 Å². The van der Waals surface area contributed by atoms with Crippen LogP contribution < -0.4 is 9.47 Å². The minimum atomic E-state index is 0.791. The van der Waals surface area contributed by atoms with Crippen LogP contribution in [-0.2, 0) is 0 Å². The molecule has 0 saturated carbocycles. The van der Waals surface area contributed by atoms with E-state index in [0.717, 1.165) is 30.3 Å². The van der Waals surface area contributed by atoms with Gasteiger partial charge in [-0.15, -0.1) is 0 Å². The second-order valence-electron chi connectivity index (χ2n) is 3.66. The summed E-state index contributed by atoms with van der Waals surface area (Å²) in [5.41, 5.74) is 0. The summed E-state index contributed by atoms with van der Waals surface area (Å²) in [6, 6.07) is 7.70. The van der Waals surface area contributed by atoms with E-state index in [9.17, 15) is 0 Å². The molecular formula is C13H20O2S. The molecule has 0 amide bonds. The van der Waals surface area contributed by atoms with Crippen molar-refractivity contribution >= 4 is 12.6 Å². The Labute approximate surface area is 103 Å². The molecule has 0 N–H and O–H groups in total. The monoisotopic (exact) mass is 240 g/mol. The summed E-state index contributed by atoms with van der Waals surface area (Å²) in [6.45, 7) is 0.791. The highest BCUT2D eigenvalue weighted by molar-refractivity contribution is 7.80. The van der Waals surface area contributed by atoms with Crippen molar-refractivity contribution < 1.29 is 9.47 Å². The Morgan fingerprint density at radius 3 is 2.19 bits per heavy atom. The van der Waals surface area contributed by atoms with Crippen LogP contribution >= 0.6 is 12.6 Å². The molecule has 0 atom stereocenters. The van der Waals surface area contributed by atoms with E-state index in [4.69, 9.17) is 9.47 Å². The quantitative estimate of drug-likeness (QED) is 0.553. The first-order chi connectivity index (χ1) is 7.86. The molecule has 0 aliphatic heterocycles. The summed E-state index contributed by atoms with van der Waals surface area (Å²) in [4.78, 5) is 0. The van der Waals surface area contributed by atoms with Crippen LogP contribution in [0.25, 0.3) is 0 Å². The molecule has 1 rings (SSSR count). The Kier molecular flexibility index (Phi) is 6.90. The maximum Gasteiger partial charge on any atom is 0.119 e. The summed E-state index contributed by atoms with van der Waals surface area (Å²) >= 11 is 4.18. The van der Waals surface area contributed by atoms with Gasteiger partial charge in [-0.25, -0.2) is 0 Å². The number of benzene rings is 1. The number of rotatable bonds is 8. The first-order valence-corrected chi connectivity index (χ1v) is 6.38. The number of hydrogen-bond acceptors (Lipinski definition) is 3. The highest BCUT2D eigenvalue weighted by Gasteiger charge is 1.95. The molecule has 0 unspecified atom stereocenters. The third-order valence-corrected chi connectivity index (χ3v) is 2.70. The molecule has 1 aromatic rings. The second-order valence-corrected chi connectivity index (χ2v) is 4.11. The van der Waals surface area contributed by atoms with E-state index in [1.165, 1.54) is 19.3 Å². The molecule has 0 spiro atoms. The zero-order chi connectivity index (χ0) is 11.6. The summed E-state index contributed by atoms with van der Waals surface area (Å²) in [5.74, 6) is 2.76. The van der Waals surface area contributed by atoms with Crippen LogP contribution in [0, 0.1) is 0 Å². The van der Waals surface area contributed by atoms with E-state index in [0.29, 0.717) is 0 Å². The molecule has 90 valence electrons. The largest absolute Gasteiger partial charge is 0.497 e. The molecule has 3 heteroatoms. The standard InChI is InChI=1S/C13H20O2S/c1-14-12-6-8-13(9-7-12)15-10-4-2-3-5-11-16/h6-9,16H,2-5,10-11H2,1H3. The van der Waals surface area contributed by atoms with Crippen molar-refractivity contribution in [2.45, 2.75) is 25.7 Å². The van der Waals surface area contributed by atoms with Crippen LogP contribution in [0.2, 0.25) is 0 Å². The Morgan fingerprint density at radius 2 is 1.56 bits per heavy atom. The maximum absolute atomic E-state index is 5.61. The van der Waals surface area contributed by atoms with Crippen LogP contribution in [0.15, 0.2) is 24.3 Å². The van der Waals surface area contributed by atoms with Gasteiger partial charge >= 0.3 is 0 Å². The number of methoxy groups -OCH3 is 1. The van der Waals surface area contributed by atoms with Gasteiger partial charge < -0.3 is 9.47 Å². The van der Waals surface area contributed by atoms with Gasteiger partial charge in [0.15, 0.2) is 0 Å². The van der Waals surface area contributed by atoms with Crippen molar-refractivity contribution in [1.82, 2.24) is 0 Å². The van der Waals surface area contributed by atoms with Gasteiger partial charge in [-0.3, -0.25) is 0 Å². The lowest BCUT2D eigenvalue weighted by atomic mass is 10.2. The first-order valence-electron chi connectivity index (χ1n) is 5.74. The lowest BCUT2D eigenvalue weighted by Gasteiger charge is -2.06. The van der Waals surface area contributed by atoms with Gasteiger partial charge in [-0.05, 0) is 42.9 Å². The normalized spacial score (nSPS) is 10.1. The molecule has 0 fully saturated rings. The van der Waals surface area contributed by atoms with Gasteiger partial charge in [0.25, 0.3) is 0 Å². The van der Waals surface area contributed by atoms with Gasteiger partial charge in [0, 0.05) is 0 Å². The Morgan fingerprint density at radius 1 is 0.938 bits per heavy atom. The number of ether oxygens (including phenoxy) is 2. The van der Waals surface area contributed by atoms with Gasteiger partial charge in [0.1, 0.15) is 11.5 Å². The Bertz CT molecular complexity index is 272. The van der Waals surface area contributed by atoms with E-state index in [2.05, 4.69) is 12.6 Å². The third-order valence-electron chi connectivity index (χ3n) is 2.38. The highest BCUT2D eigenvalue weighted by Crippen LogP contribution is 2.17. The molecule has 0 radical (unpaired) electrons. The predicted molar refractivity (Wildman–Crippen MR) is 70.8 cm³/mol. The summed E-state index contributed by atoms with van der Waals surface area (Å²) < 4.78 is 10.7. The van der Waals surface area contributed by atoms with E-state index < -0.39 is 0 Å². The highest BCUT2D eigenvalue weighted by atomic mass is 32.1. The number of unbranched alkanes of at least 4 members (excludes halogenated alkanes) is 3. The van der Waals surface area contributed by atoms with Gasteiger partial charge in [0.05, 0.1) is 13.7 Å². The Hall–Kier alpha value is -0.830. The molecule has 1 aromatic carbocycles. The van der Waals surface area contributed by atoms with Crippen LogP contribution in [-0.4, -0.2) is 19.5 Å². The van der Waals surface area contributed by atoms with Crippen molar-refractivity contribution in [3.8, 4) is 11.5 Å². The Balaban J connectivity index is 2.12. The van der Waals surface area contributed by atoms with Gasteiger partial charge in [-0.2, -0.15) is 12.6 Å². The number of hydrogen-bond donors (Lipinski definition) is 1. The molecule has 2 nitrogen and oxygen atoms in total. The first kappa shape index (κ1) is 13.2. The van der Waals surface area contributed by atoms with E-state index in [1.54, 1.807) is 7.11 Å². The van der Waals surface area contributed by atoms with Gasteiger partial charge in [-0.1, -0.05) is 12.8 Å². The van der Waals surface area contributed by atoms with E-state index >= 15 is 0 Å². The lowest BCUT2D eigenvalue weighted by Crippen LogP contribution is -1.97. The zero-order valence-corrected chi connectivity index (χ0v) is 10.7. The van der Waals surface area contributed by atoms with Crippen LogP contribution in [0.5, 0.6) is 11.5 Å². The predicted octanol–water partition coefficient (Wildman–Crippen LogP) is 3.56. The smallest absolute Gasteiger partial charge is 0.119 e. The van der Waals surface area contributed by atoms with E-state index in [-0.39, 0.29) is 0 Å². The van der Waals surface area contributed by atoms with Crippen molar-refractivity contribution in [2.24, 2.45) is 0 Å². The van der Waals surface area contributed by atoms with Crippen molar-refractivity contribution in [3.05, 3.63) is 24.3 Å². The van der Waals surface area contributed by atoms with Crippen LogP contribution in [0.4, 0.5) is 0 Å². The zero-order valence-electron chi connectivity index (χ0n) is 9.82. The van der Waals surface area contributed by atoms with Gasteiger partial charge in [0.2, 0.25) is 0 Å². The van der Waals surface area contributed by atoms with Crippen molar-refractivity contribution in [2.75, 3.05) is 19.5 Å². The fraction of sp³-hybridized carbons (Fsp3) is 0.538. The second kappa shape index (κ2) is 8.34. The van der Waals surface area contributed by atoms with Crippen molar-refractivity contribution in [3.63, 3.8) is 0 Å². The van der Waals surface area contributed by atoms with E-state index in [1.807, 2.05) is 24.3 Å². The average molecular weight is 240 g/mol. The average Bonchev–Trinajstić information content (AvgIpc) is 2.34. The summed E-state index contributed by atoms with van der Waals surface area (Å²) in [6.07, 6.45) is 4.78. The lowest BCUT2D eigenvalue weighted by molar-refractivity contribution is 0.304. The number of thiol groups is 1. The summed E-state index contributed by atoms with van der Waals surface area (Å²) in [7, 11) is 1.66. The fourth-order valence-corrected chi connectivity index (χ4v) is 1.65. The maximum atomic E-state index is 5.61. The van der Waals surface area contributed by atoms with Crippen molar-refractivity contribution in [1.29, 1.82) is 0 Å². The minimum Gasteiger partial charge on any atom is -0.497 e.